The van der Waals surface area contributed by atoms with E-state index in [1.165, 1.54) is 5.01 Å². The van der Waals surface area contributed by atoms with Gasteiger partial charge in [0.05, 0.1) is 12.0 Å². The van der Waals surface area contributed by atoms with Gasteiger partial charge in [-0.15, -0.1) is 0 Å². The van der Waals surface area contributed by atoms with Gasteiger partial charge in [0.15, 0.2) is 0 Å². The number of amides is 4. The number of nitrogens with zero attached hydrogens (tertiary/aromatic N) is 3. The Hall–Kier alpha value is -3.42. The second kappa shape index (κ2) is 7.37. The highest BCUT2D eigenvalue weighted by molar-refractivity contribution is 6.09. The molecule has 5 rings (SSSR count). The minimum atomic E-state index is -0.834. The SMILES string of the molecule is Cc1ccc(C2=NN(C(=O)CN3C(=O)NC4(CCCC4)C3=O)C(c3ccco3)C2)cc1. The molecule has 2 aliphatic heterocycles. The minimum Gasteiger partial charge on any atom is -0.467 e. The van der Waals surface area contributed by atoms with E-state index in [1.54, 1.807) is 18.4 Å². The first-order valence-electron chi connectivity index (χ1n) is 10.6. The summed E-state index contributed by atoms with van der Waals surface area (Å²) >= 11 is 0. The van der Waals surface area contributed by atoms with E-state index in [1.807, 2.05) is 31.2 Å². The number of carbonyl (C=O) groups excluding carboxylic acids is 3. The van der Waals surface area contributed by atoms with Crippen molar-refractivity contribution in [2.24, 2.45) is 5.10 Å². The molecule has 1 atom stereocenters. The highest BCUT2D eigenvalue weighted by Gasteiger charge is 2.53. The lowest BCUT2D eigenvalue weighted by molar-refractivity contribution is -0.140. The first kappa shape index (κ1) is 19.5. The quantitative estimate of drug-likeness (QED) is 0.769. The van der Waals surface area contributed by atoms with Crippen LogP contribution in [0.25, 0.3) is 0 Å². The number of benzene rings is 1. The second-order valence-corrected chi connectivity index (χ2v) is 8.50. The van der Waals surface area contributed by atoms with E-state index in [2.05, 4.69) is 10.4 Å². The third-order valence-electron chi connectivity index (χ3n) is 6.42. The van der Waals surface area contributed by atoms with E-state index in [4.69, 9.17) is 4.42 Å². The molecule has 1 spiro atoms. The van der Waals surface area contributed by atoms with E-state index in [-0.39, 0.29) is 12.5 Å². The number of nitrogens with one attached hydrogen (secondary N) is 1. The van der Waals surface area contributed by atoms with Crippen molar-refractivity contribution in [2.75, 3.05) is 6.54 Å². The molecule has 8 heteroatoms. The van der Waals surface area contributed by atoms with Crippen molar-refractivity contribution in [3.8, 4) is 0 Å². The Morgan fingerprint density at radius 1 is 1.19 bits per heavy atom. The van der Waals surface area contributed by atoms with Crippen LogP contribution in [0.15, 0.2) is 52.2 Å². The lowest BCUT2D eigenvalue weighted by Gasteiger charge is -2.23. The molecule has 1 aromatic heterocycles. The summed E-state index contributed by atoms with van der Waals surface area (Å²) in [6, 6.07) is 10.6. The number of hydrogen-bond donors (Lipinski definition) is 1. The lowest BCUT2D eigenvalue weighted by Crippen LogP contribution is -2.45. The van der Waals surface area contributed by atoms with Crippen LogP contribution < -0.4 is 5.32 Å². The fourth-order valence-corrected chi connectivity index (χ4v) is 4.71. The molecule has 1 aromatic carbocycles. The van der Waals surface area contributed by atoms with Gasteiger partial charge in [0, 0.05) is 6.42 Å². The zero-order valence-corrected chi connectivity index (χ0v) is 17.3. The van der Waals surface area contributed by atoms with E-state index in [0.717, 1.165) is 34.6 Å². The molecule has 3 aliphatic rings. The van der Waals surface area contributed by atoms with Crippen molar-refractivity contribution >= 4 is 23.6 Å². The third-order valence-corrected chi connectivity index (χ3v) is 6.42. The fourth-order valence-electron chi connectivity index (χ4n) is 4.71. The number of carbonyl (C=O) groups is 3. The maximum Gasteiger partial charge on any atom is 0.325 e. The van der Waals surface area contributed by atoms with Crippen LogP contribution in [0.3, 0.4) is 0 Å². The summed E-state index contributed by atoms with van der Waals surface area (Å²) in [5, 5.41) is 8.75. The molecule has 3 heterocycles. The predicted octanol–water partition coefficient (Wildman–Crippen LogP) is 3.13. The van der Waals surface area contributed by atoms with Crippen LogP contribution in [-0.2, 0) is 9.59 Å². The zero-order valence-electron chi connectivity index (χ0n) is 17.3. The van der Waals surface area contributed by atoms with Gasteiger partial charge in [-0.05, 0) is 37.5 Å². The van der Waals surface area contributed by atoms with Crippen LogP contribution in [-0.4, -0.2) is 45.5 Å². The summed E-state index contributed by atoms with van der Waals surface area (Å²) < 4.78 is 5.56. The molecule has 1 saturated heterocycles. The van der Waals surface area contributed by atoms with Gasteiger partial charge in [0.1, 0.15) is 23.9 Å². The topological polar surface area (TPSA) is 95.2 Å². The van der Waals surface area contributed by atoms with E-state index >= 15 is 0 Å². The Labute approximate surface area is 179 Å². The zero-order chi connectivity index (χ0) is 21.6. The van der Waals surface area contributed by atoms with Crippen molar-refractivity contribution < 1.29 is 18.8 Å². The van der Waals surface area contributed by atoms with Crippen molar-refractivity contribution in [2.45, 2.75) is 50.6 Å². The van der Waals surface area contributed by atoms with Crippen LogP contribution in [0.1, 0.15) is 55.0 Å². The molecule has 2 aromatic rings. The van der Waals surface area contributed by atoms with Gasteiger partial charge in [0.2, 0.25) is 0 Å². The van der Waals surface area contributed by atoms with Gasteiger partial charge in [-0.25, -0.2) is 9.80 Å². The molecular formula is C23H24N4O4. The Kier molecular flexibility index (Phi) is 4.64. The van der Waals surface area contributed by atoms with E-state index in [0.29, 0.717) is 25.0 Å². The molecule has 4 amide bonds. The summed E-state index contributed by atoms with van der Waals surface area (Å²) in [4.78, 5) is 39.7. The number of urea groups is 1. The van der Waals surface area contributed by atoms with Crippen molar-refractivity contribution in [3.05, 3.63) is 59.5 Å². The highest BCUT2D eigenvalue weighted by atomic mass is 16.3. The van der Waals surface area contributed by atoms with Gasteiger partial charge in [-0.2, -0.15) is 5.10 Å². The lowest BCUT2D eigenvalue weighted by atomic mass is 9.98. The summed E-state index contributed by atoms with van der Waals surface area (Å²) in [6.07, 6.45) is 5.08. The predicted molar refractivity (Wildman–Crippen MR) is 112 cm³/mol. The molecule has 0 radical (unpaired) electrons. The highest BCUT2D eigenvalue weighted by Crippen LogP contribution is 2.36. The monoisotopic (exact) mass is 420 g/mol. The first-order chi connectivity index (χ1) is 15.0. The van der Waals surface area contributed by atoms with E-state index in [9.17, 15) is 14.4 Å². The van der Waals surface area contributed by atoms with Crippen LogP contribution in [0, 0.1) is 6.92 Å². The van der Waals surface area contributed by atoms with Crippen molar-refractivity contribution in [1.29, 1.82) is 0 Å². The average Bonchev–Trinajstić information content (AvgIpc) is 3.54. The molecule has 1 saturated carbocycles. The van der Waals surface area contributed by atoms with Crippen LogP contribution in [0.2, 0.25) is 0 Å². The molecule has 0 bridgehead atoms. The normalized spacial score (nSPS) is 22.4. The van der Waals surface area contributed by atoms with E-state index < -0.39 is 23.5 Å². The second-order valence-electron chi connectivity index (χ2n) is 8.50. The number of hydrogen-bond acceptors (Lipinski definition) is 5. The molecule has 8 nitrogen and oxygen atoms in total. The van der Waals surface area contributed by atoms with Crippen LogP contribution in [0.4, 0.5) is 4.79 Å². The van der Waals surface area contributed by atoms with Crippen molar-refractivity contribution in [3.63, 3.8) is 0 Å². The number of hydrazone groups is 1. The summed E-state index contributed by atoms with van der Waals surface area (Å²) in [5.41, 5.74) is 1.99. The molecule has 1 N–H and O–H groups in total. The molecule has 1 aliphatic carbocycles. The fraction of sp³-hybridized carbons (Fsp3) is 0.391. The maximum atomic E-state index is 13.2. The standard InChI is InChI=1S/C23H24N4O4/c1-15-6-8-16(9-7-15)17-13-18(19-5-4-12-31-19)27(25-17)20(28)14-26-21(29)23(24-22(26)30)10-2-3-11-23/h4-9,12,18H,2-3,10-11,13-14H2,1H3,(H,24,30). The number of furan rings is 1. The maximum absolute atomic E-state index is 13.2. The van der Waals surface area contributed by atoms with Gasteiger partial charge in [0.25, 0.3) is 11.8 Å². The largest absolute Gasteiger partial charge is 0.467 e. The number of imide groups is 1. The van der Waals surface area contributed by atoms with Gasteiger partial charge >= 0.3 is 6.03 Å². The van der Waals surface area contributed by atoms with Gasteiger partial charge in [-0.1, -0.05) is 42.7 Å². The van der Waals surface area contributed by atoms with Crippen LogP contribution >= 0.6 is 0 Å². The third kappa shape index (κ3) is 3.32. The molecule has 2 fully saturated rings. The molecule has 1 unspecified atom stereocenters. The minimum absolute atomic E-state index is 0.306. The summed E-state index contributed by atoms with van der Waals surface area (Å²) in [5.74, 6) is -0.106. The van der Waals surface area contributed by atoms with Gasteiger partial charge < -0.3 is 9.73 Å². The Morgan fingerprint density at radius 3 is 2.61 bits per heavy atom. The number of aryl methyl sites for hydroxylation is 1. The molecular weight excluding hydrogens is 396 g/mol. The van der Waals surface area contributed by atoms with Gasteiger partial charge in [-0.3, -0.25) is 14.5 Å². The Bertz CT molecular complexity index is 1050. The smallest absolute Gasteiger partial charge is 0.325 e. The number of rotatable bonds is 4. The summed E-state index contributed by atoms with van der Waals surface area (Å²) in [7, 11) is 0. The van der Waals surface area contributed by atoms with Crippen LogP contribution in [0.5, 0.6) is 0 Å². The molecule has 31 heavy (non-hydrogen) atoms. The summed E-state index contributed by atoms with van der Waals surface area (Å²) in [6.45, 7) is 1.67. The first-order valence-corrected chi connectivity index (χ1v) is 10.6. The molecule has 160 valence electrons. The Balaban J connectivity index is 1.40. The average molecular weight is 420 g/mol. The Morgan fingerprint density at radius 2 is 1.94 bits per heavy atom. The van der Waals surface area contributed by atoms with Crippen molar-refractivity contribution in [1.82, 2.24) is 15.2 Å².